The lowest BCUT2D eigenvalue weighted by atomic mass is 10.2. The molecule has 0 atom stereocenters. The van der Waals surface area contributed by atoms with Crippen molar-refractivity contribution in [1.29, 1.82) is 0 Å². The van der Waals surface area contributed by atoms with Gasteiger partial charge in [0.15, 0.2) is 0 Å². The van der Waals surface area contributed by atoms with E-state index in [1.165, 1.54) is 58.5 Å². The summed E-state index contributed by atoms with van der Waals surface area (Å²) in [6.07, 6.45) is 4.06. The molecule has 3 heteroatoms. The molecule has 0 spiro atoms. The summed E-state index contributed by atoms with van der Waals surface area (Å²) in [5.41, 5.74) is 0. The van der Waals surface area contributed by atoms with Gasteiger partial charge in [0, 0.05) is 26.2 Å². The number of hydrogen-bond acceptors (Lipinski definition) is 3. The molecule has 0 aliphatic carbocycles. The predicted octanol–water partition coefficient (Wildman–Crippen LogP) is 0.624. The van der Waals surface area contributed by atoms with E-state index < -0.39 is 0 Å². The first kappa shape index (κ1) is 12.0. The van der Waals surface area contributed by atoms with Crippen molar-refractivity contribution >= 4 is 0 Å². The van der Waals surface area contributed by atoms with Gasteiger partial charge in [0.2, 0.25) is 0 Å². The molecule has 0 aromatic heterocycles. The summed E-state index contributed by atoms with van der Waals surface area (Å²) >= 11 is 0. The summed E-state index contributed by atoms with van der Waals surface area (Å²) < 4.78 is 0. The first-order valence-electron chi connectivity index (χ1n) is 5.88. The van der Waals surface area contributed by atoms with E-state index in [1.807, 2.05) is 7.05 Å². The average molecular weight is 199 g/mol. The number of nitrogens with zero attached hydrogens (tertiary/aromatic N) is 2. The third-order valence-electron chi connectivity index (χ3n) is 3.00. The summed E-state index contributed by atoms with van der Waals surface area (Å²) in [4.78, 5) is 5.01. The summed E-state index contributed by atoms with van der Waals surface area (Å²) in [6.45, 7) is 7.50. The minimum atomic E-state index is 1.17. The molecule has 1 aliphatic heterocycles. The van der Waals surface area contributed by atoms with E-state index in [0.717, 1.165) is 0 Å². The molecule has 0 bridgehead atoms. The van der Waals surface area contributed by atoms with Crippen molar-refractivity contribution in [1.82, 2.24) is 15.1 Å². The third kappa shape index (κ3) is 4.94. The van der Waals surface area contributed by atoms with Crippen LogP contribution in [0.25, 0.3) is 0 Å². The van der Waals surface area contributed by atoms with Gasteiger partial charge < -0.3 is 15.1 Å². The number of piperazine rings is 1. The summed E-state index contributed by atoms with van der Waals surface area (Å²) in [5.74, 6) is 0. The topological polar surface area (TPSA) is 18.5 Å². The standard InChI is InChI=1S/C11H25N3/c1-12-6-4-3-5-7-14-10-8-13(2)9-11-14/h12H,3-11H2,1-2H3. The highest BCUT2D eigenvalue weighted by Crippen LogP contribution is 2.02. The van der Waals surface area contributed by atoms with E-state index in [9.17, 15) is 0 Å². The maximum atomic E-state index is 3.19. The lowest BCUT2D eigenvalue weighted by Gasteiger charge is -2.32. The highest BCUT2D eigenvalue weighted by atomic mass is 15.2. The Balaban J connectivity index is 1.91. The SMILES string of the molecule is CNCCCCCN1CCN(C)CC1. The van der Waals surface area contributed by atoms with Crippen LogP contribution in [0.4, 0.5) is 0 Å². The fourth-order valence-corrected chi connectivity index (χ4v) is 1.89. The van der Waals surface area contributed by atoms with E-state index in [4.69, 9.17) is 0 Å². The highest BCUT2D eigenvalue weighted by molar-refractivity contribution is 4.68. The van der Waals surface area contributed by atoms with Crippen molar-refractivity contribution in [3.05, 3.63) is 0 Å². The van der Waals surface area contributed by atoms with Crippen molar-refractivity contribution in [2.45, 2.75) is 19.3 Å². The smallest absolute Gasteiger partial charge is 0.0110 e. The monoisotopic (exact) mass is 199 g/mol. The van der Waals surface area contributed by atoms with E-state index >= 15 is 0 Å². The highest BCUT2D eigenvalue weighted by Gasteiger charge is 2.12. The van der Waals surface area contributed by atoms with Crippen LogP contribution in [0.15, 0.2) is 0 Å². The van der Waals surface area contributed by atoms with Crippen LogP contribution in [0, 0.1) is 0 Å². The predicted molar refractivity (Wildman–Crippen MR) is 61.7 cm³/mol. The van der Waals surface area contributed by atoms with Gasteiger partial charge in [0.1, 0.15) is 0 Å². The van der Waals surface area contributed by atoms with Gasteiger partial charge in [-0.25, -0.2) is 0 Å². The molecule has 0 radical (unpaired) electrons. The summed E-state index contributed by atoms with van der Waals surface area (Å²) in [7, 11) is 4.24. The molecule has 0 unspecified atom stereocenters. The molecule has 0 aromatic rings. The van der Waals surface area contributed by atoms with Crippen LogP contribution >= 0.6 is 0 Å². The summed E-state index contributed by atoms with van der Waals surface area (Å²) in [6, 6.07) is 0. The first-order valence-corrected chi connectivity index (χ1v) is 5.88. The van der Waals surface area contributed by atoms with Gasteiger partial charge in [-0.15, -0.1) is 0 Å². The molecule has 1 saturated heterocycles. The zero-order chi connectivity index (χ0) is 10.2. The van der Waals surface area contributed by atoms with Crippen LogP contribution in [-0.4, -0.2) is 63.2 Å². The minimum absolute atomic E-state index is 1.17. The zero-order valence-corrected chi connectivity index (χ0v) is 9.76. The van der Waals surface area contributed by atoms with E-state index in [0.29, 0.717) is 0 Å². The molecule has 1 fully saturated rings. The second-order valence-corrected chi connectivity index (χ2v) is 4.31. The van der Waals surface area contributed by atoms with Crippen LogP contribution in [0.3, 0.4) is 0 Å². The van der Waals surface area contributed by atoms with E-state index in [1.54, 1.807) is 0 Å². The maximum absolute atomic E-state index is 3.19. The van der Waals surface area contributed by atoms with Gasteiger partial charge in [-0.3, -0.25) is 0 Å². The number of unbranched alkanes of at least 4 members (excludes halogenated alkanes) is 2. The van der Waals surface area contributed by atoms with Crippen LogP contribution in [0.5, 0.6) is 0 Å². The minimum Gasteiger partial charge on any atom is -0.320 e. The molecule has 0 amide bonds. The Labute approximate surface area is 88.5 Å². The Bertz CT molecular complexity index is 130. The third-order valence-corrected chi connectivity index (χ3v) is 3.00. The molecule has 1 heterocycles. The second-order valence-electron chi connectivity index (χ2n) is 4.31. The maximum Gasteiger partial charge on any atom is 0.0110 e. The molecule has 84 valence electrons. The Hall–Kier alpha value is -0.120. The molecule has 0 saturated carbocycles. The van der Waals surface area contributed by atoms with E-state index in [2.05, 4.69) is 22.2 Å². The number of hydrogen-bond donors (Lipinski definition) is 1. The van der Waals surface area contributed by atoms with Gasteiger partial charge in [0.25, 0.3) is 0 Å². The fraction of sp³-hybridized carbons (Fsp3) is 1.00. The number of rotatable bonds is 6. The largest absolute Gasteiger partial charge is 0.320 e. The Kier molecular flexibility index (Phi) is 6.15. The van der Waals surface area contributed by atoms with Gasteiger partial charge in [-0.05, 0) is 40.0 Å². The van der Waals surface area contributed by atoms with Crippen LogP contribution < -0.4 is 5.32 Å². The quantitative estimate of drug-likeness (QED) is 0.633. The average Bonchev–Trinajstić information content (AvgIpc) is 2.21. The molecule has 1 N–H and O–H groups in total. The van der Waals surface area contributed by atoms with Gasteiger partial charge in [0.05, 0.1) is 0 Å². The molecule has 0 aromatic carbocycles. The Morgan fingerprint density at radius 3 is 2.36 bits per heavy atom. The van der Waals surface area contributed by atoms with Gasteiger partial charge in [-0.2, -0.15) is 0 Å². The molecule has 1 rings (SSSR count). The zero-order valence-electron chi connectivity index (χ0n) is 9.76. The molecule has 1 aliphatic rings. The van der Waals surface area contributed by atoms with Crippen molar-refractivity contribution < 1.29 is 0 Å². The normalized spacial score (nSPS) is 20.1. The lowest BCUT2D eigenvalue weighted by molar-refractivity contribution is 0.152. The van der Waals surface area contributed by atoms with Crippen LogP contribution in [0.1, 0.15) is 19.3 Å². The first-order chi connectivity index (χ1) is 6.83. The van der Waals surface area contributed by atoms with E-state index in [-0.39, 0.29) is 0 Å². The van der Waals surface area contributed by atoms with Crippen molar-refractivity contribution in [3.63, 3.8) is 0 Å². The molecule has 14 heavy (non-hydrogen) atoms. The van der Waals surface area contributed by atoms with Gasteiger partial charge >= 0.3 is 0 Å². The van der Waals surface area contributed by atoms with Crippen molar-refractivity contribution in [2.24, 2.45) is 0 Å². The van der Waals surface area contributed by atoms with Crippen LogP contribution in [-0.2, 0) is 0 Å². The van der Waals surface area contributed by atoms with Crippen molar-refractivity contribution in [3.8, 4) is 0 Å². The second kappa shape index (κ2) is 7.21. The van der Waals surface area contributed by atoms with Gasteiger partial charge in [-0.1, -0.05) is 6.42 Å². The number of nitrogens with one attached hydrogen (secondary N) is 1. The number of likely N-dealkylation sites (N-methyl/N-ethyl adjacent to an activating group) is 1. The Morgan fingerprint density at radius 1 is 1.00 bits per heavy atom. The van der Waals surface area contributed by atoms with Crippen molar-refractivity contribution in [2.75, 3.05) is 53.4 Å². The Morgan fingerprint density at radius 2 is 1.71 bits per heavy atom. The summed E-state index contributed by atoms with van der Waals surface area (Å²) in [5, 5.41) is 3.19. The fourth-order valence-electron chi connectivity index (χ4n) is 1.89. The molecule has 3 nitrogen and oxygen atoms in total. The molecular formula is C11H25N3. The molecular weight excluding hydrogens is 174 g/mol. The lowest BCUT2D eigenvalue weighted by Crippen LogP contribution is -2.44. The van der Waals surface area contributed by atoms with Crippen LogP contribution in [0.2, 0.25) is 0 Å².